The summed E-state index contributed by atoms with van der Waals surface area (Å²) in [5.41, 5.74) is 1.01. The average molecular weight is 383 g/mol. The van der Waals surface area contributed by atoms with Crippen molar-refractivity contribution >= 4 is 33.1 Å². The fraction of sp³-hybridized carbons (Fsp3) is 0.182. The van der Waals surface area contributed by atoms with Crippen molar-refractivity contribution in [3.8, 4) is 11.5 Å². The zero-order valence-electron chi connectivity index (χ0n) is 14.9. The molecule has 0 N–H and O–H groups in total. The fourth-order valence-electron chi connectivity index (χ4n) is 2.86. The molecule has 4 rings (SSSR count). The highest BCUT2D eigenvalue weighted by Gasteiger charge is 2.05. The summed E-state index contributed by atoms with van der Waals surface area (Å²) in [6.07, 6.45) is 3.50. The highest BCUT2D eigenvalue weighted by Crippen LogP contribution is 2.30. The number of benzene rings is 2. The number of hydrogen-bond donors (Lipinski definition) is 0. The Hall–Kier alpha value is -2.85. The van der Waals surface area contributed by atoms with E-state index in [0.717, 1.165) is 33.4 Å². The van der Waals surface area contributed by atoms with E-state index in [9.17, 15) is 0 Å². The second kappa shape index (κ2) is 9.19. The Morgan fingerprint density at radius 2 is 1.26 bits per heavy atom. The van der Waals surface area contributed by atoms with Crippen LogP contribution in [0, 0.1) is 6.92 Å². The van der Waals surface area contributed by atoms with E-state index in [1.54, 1.807) is 20.4 Å². The highest BCUT2D eigenvalue weighted by molar-refractivity contribution is 6.34. The number of aromatic nitrogens is 2. The van der Waals surface area contributed by atoms with Gasteiger partial charge in [0.2, 0.25) is 0 Å². The first-order valence-corrected chi connectivity index (χ1v) is 8.49. The van der Waals surface area contributed by atoms with Crippen molar-refractivity contribution in [1.82, 2.24) is 9.97 Å². The van der Waals surface area contributed by atoms with Crippen LogP contribution < -0.4 is 9.47 Å². The molecular formula is C22H23ClN2O2. The van der Waals surface area contributed by atoms with Gasteiger partial charge in [-0.2, -0.15) is 0 Å². The lowest BCUT2D eigenvalue weighted by molar-refractivity contribution is 0.419. The molecule has 0 bridgehead atoms. The first kappa shape index (κ1) is 20.5. The van der Waals surface area contributed by atoms with Crippen molar-refractivity contribution in [3.05, 3.63) is 71.8 Å². The van der Waals surface area contributed by atoms with Gasteiger partial charge in [0.15, 0.2) is 0 Å². The second-order valence-corrected chi connectivity index (χ2v) is 5.97. The molecule has 140 valence electrons. The van der Waals surface area contributed by atoms with Crippen molar-refractivity contribution in [1.29, 1.82) is 0 Å². The lowest BCUT2D eigenvalue weighted by atomic mass is 10.1. The number of fused-ring (bicyclic) bond motifs is 2. The highest BCUT2D eigenvalue weighted by atomic mass is 35.5. The van der Waals surface area contributed by atoms with Gasteiger partial charge in [-0.25, -0.2) is 4.98 Å². The van der Waals surface area contributed by atoms with Crippen LogP contribution in [0.2, 0.25) is 5.15 Å². The third-order valence-electron chi connectivity index (χ3n) is 4.09. The van der Waals surface area contributed by atoms with Gasteiger partial charge < -0.3 is 9.47 Å². The predicted octanol–water partition coefficient (Wildman–Crippen LogP) is 6.08. The molecule has 0 aliphatic carbocycles. The van der Waals surface area contributed by atoms with Gasteiger partial charge >= 0.3 is 0 Å². The maximum absolute atomic E-state index is 5.95. The molecule has 0 aliphatic rings. The van der Waals surface area contributed by atoms with Crippen LogP contribution in [-0.2, 0) is 0 Å². The minimum Gasteiger partial charge on any atom is -0.496 e. The van der Waals surface area contributed by atoms with E-state index in [1.807, 2.05) is 55.6 Å². The minimum absolute atomic E-state index is 0. The zero-order chi connectivity index (χ0) is 18.5. The van der Waals surface area contributed by atoms with Crippen LogP contribution in [0.15, 0.2) is 60.9 Å². The van der Waals surface area contributed by atoms with Crippen molar-refractivity contribution < 1.29 is 9.47 Å². The van der Waals surface area contributed by atoms with Gasteiger partial charge in [0, 0.05) is 23.5 Å². The average Bonchev–Trinajstić information content (AvgIpc) is 2.68. The molecule has 0 unspecified atom stereocenters. The first-order chi connectivity index (χ1) is 12.7. The number of hydrogen-bond acceptors (Lipinski definition) is 4. The molecule has 0 atom stereocenters. The van der Waals surface area contributed by atoms with Crippen molar-refractivity contribution in [2.24, 2.45) is 0 Å². The molecule has 4 nitrogen and oxygen atoms in total. The van der Waals surface area contributed by atoms with Crippen LogP contribution in [-0.4, -0.2) is 24.2 Å². The van der Waals surface area contributed by atoms with E-state index >= 15 is 0 Å². The zero-order valence-corrected chi connectivity index (χ0v) is 15.6. The quantitative estimate of drug-likeness (QED) is 0.394. The second-order valence-electron chi connectivity index (χ2n) is 5.61. The number of halogens is 1. The number of methoxy groups -OCH3 is 2. The lowest BCUT2D eigenvalue weighted by Gasteiger charge is -2.06. The summed E-state index contributed by atoms with van der Waals surface area (Å²) in [4.78, 5) is 8.24. The van der Waals surface area contributed by atoms with Crippen LogP contribution in [0.5, 0.6) is 11.5 Å². The van der Waals surface area contributed by atoms with Gasteiger partial charge in [-0.15, -0.1) is 0 Å². The largest absolute Gasteiger partial charge is 0.496 e. The van der Waals surface area contributed by atoms with E-state index in [4.69, 9.17) is 21.1 Å². The Morgan fingerprint density at radius 3 is 1.85 bits per heavy atom. The van der Waals surface area contributed by atoms with Crippen LogP contribution in [0.25, 0.3) is 21.5 Å². The van der Waals surface area contributed by atoms with Gasteiger partial charge in [0.1, 0.15) is 16.7 Å². The molecule has 0 spiro atoms. The first-order valence-electron chi connectivity index (χ1n) is 8.11. The third kappa shape index (κ3) is 4.29. The Balaban J connectivity index is 0.000000187. The molecule has 2 heterocycles. The molecule has 27 heavy (non-hydrogen) atoms. The molecule has 2 aromatic heterocycles. The summed E-state index contributed by atoms with van der Waals surface area (Å²) in [6, 6.07) is 15.7. The number of pyridine rings is 2. The number of ether oxygens (including phenoxy) is 2. The van der Waals surface area contributed by atoms with Crippen molar-refractivity contribution in [2.75, 3.05) is 14.2 Å². The molecular weight excluding hydrogens is 360 g/mol. The molecule has 0 radical (unpaired) electrons. The fourth-order valence-corrected chi connectivity index (χ4v) is 3.12. The predicted molar refractivity (Wildman–Crippen MR) is 113 cm³/mol. The van der Waals surface area contributed by atoms with E-state index in [-0.39, 0.29) is 7.43 Å². The number of rotatable bonds is 2. The molecule has 0 saturated heterocycles. The smallest absolute Gasteiger partial charge is 0.140 e. The normalized spacial score (nSPS) is 9.93. The molecule has 0 aliphatic heterocycles. The Bertz CT molecular complexity index is 955. The number of nitrogens with zero attached hydrogens (tertiary/aromatic N) is 2. The molecule has 4 aromatic rings. The molecule has 5 heteroatoms. The third-order valence-corrected chi connectivity index (χ3v) is 4.38. The Morgan fingerprint density at radius 1 is 0.741 bits per heavy atom. The number of aryl methyl sites for hydroxylation is 1. The van der Waals surface area contributed by atoms with Crippen molar-refractivity contribution in [3.63, 3.8) is 0 Å². The summed E-state index contributed by atoms with van der Waals surface area (Å²) >= 11 is 5.95. The lowest BCUT2D eigenvalue weighted by Crippen LogP contribution is -1.88. The topological polar surface area (TPSA) is 44.2 Å². The molecule has 0 saturated carbocycles. The van der Waals surface area contributed by atoms with E-state index in [1.165, 1.54) is 5.39 Å². The summed E-state index contributed by atoms with van der Waals surface area (Å²) < 4.78 is 10.5. The van der Waals surface area contributed by atoms with Gasteiger partial charge in [-0.1, -0.05) is 43.3 Å². The van der Waals surface area contributed by atoms with E-state index in [0.29, 0.717) is 5.15 Å². The maximum Gasteiger partial charge on any atom is 0.140 e. The van der Waals surface area contributed by atoms with Crippen molar-refractivity contribution in [2.45, 2.75) is 14.4 Å². The molecule has 0 amide bonds. The summed E-state index contributed by atoms with van der Waals surface area (Å²) in [5, 5.41) is 4.67. The Labute approximate surface area is 164 Å². The Kier molecular flexibility index (Phi) is 6.97. The van der Waals surface area contributed by atoms with Gasteiger partial charge in [0.25, 0.3) is 0 Å². The molecule has 0 fully saturated rings. The van der Waals surface area contributed by atoms with Gasteiger partial charge in [0.05, 0.1) is 19.6 Å². The summed E-state index contributed by atoms with van der Waals surface area (Å²) in [6.45, 7) is 1.99. The maximum atomic E-state index is 5.95. The van der Waals surface area contributed by atoms with Gasteiger partial charge in [-0.3, -0.25) is 4.98 Å². The standard InChI is InChI=1S/C11H11NO.C10H8ClNO.CH4/c1-8-11-9(6-7-12-8)4-3-5-10(11)13-2;1-13-8-4-2-3-7-5-6-12-10(11)9(7)8;/h3-7H,1-2H3;2-6H,1H3;1H4. The van der Waals surface area contributed by atoms with Crippen LogP contribution in [0.4, 0.5) is 0 Å². The van der Waals surface area contributed by atoms with Crippen LogP contribution >= 0.6 is 11.6 Å². The molecule has 2 aromatic carbocycles. The van der Waals surface area contributed by atoms with Crippen LogP contribution in [0.1, 0.15) is 13.1 Å². The van der Waals surface area contributed by atoms with E-state index < -0.39 is 0 Å². The summed E-state index contributed by atoms with van der Waals surface area (Å²) in [7, 11) is 3.30. The minimum atomic E-state index is 0. The van der Waals surface area contributed by atoms with Crippen LogP contribution in [0.3, 0.4) is 0 Å². The SMILES string of the molecule is C.COc1cccc2ccnc(C)c12.COc1cccc2ccnc(Cl)c12. The van der Waals surface area contributed by atoms with E-state index in [2.05, 4.69) is 16.0 Å². The van der Waals surface area contributed by atoms with Gasteiger partial charge in [-0.05, 0) is 42.0 Å². The monoisotopic (exact) mass is 382 g/mol. The summed E-state index contributed by atoms with van der Waals surface area (Å²) in [5.74, 6) is 1.65.